The van der Waals surface area contributed by atoms with Crippen LogP contribution in [0.1, 0.15) is 10.6 Å². The summed E-state index contributed by atoms with van der Waals surface area (Å²) in [5, 5.41) is 10.0. The van der Waals surface area contributed by atoms with Crippen molar-refractivity contribution < 1.29 is 22.9 Å². The van der Waals surface area contributed by atoms with Gasteiger partial charge in [-0.2, -0.15) is 0 Å². The van der Waals surface area contributed by atoms with E-state index in [1.165, 1.54) is 0 Å². The zero-order valence-corrected chi connectivity index (χ0v) is 6.07. The first-order valence-corrected chi connectivity index (χ1v) is 3.09. The van der Waals surface area contributed by atoms with Crippen molar-refractivity contribution in [3.05, 3.63) is 28.0 Å². The quantitative estimate of drug-likeness (QED) is 0.413. The van der Waals surface area contributed by atoms with Gasteiger partial charge in [0.05, 0.1) is 6.07 Å². The molecule has 0 saturated carbocycles. The number of rotatable bonds is 3. The van der Waals surface area contributed by atoms with Crippen LogP contribution in [0.25, 0.3) is 0 Å². The molecule has 1 heterocycles. The topological polar surface area (TPSA) is 73.3 Å². The monoisotopic (exact) mass is 191 g/mol. The standard InChI is InChI=1S/C6H3F2NO4/c7-6(8)5(10)3-1-2-4(13-3)9(11)12/h1-2,6H. The maximum absolute atomic E-state index is 11.7. The van der Waals surface area contributed by atoms with Gasteiger partial charge in [-0.1, -0.05) is 0 Å². The van der Waals surface area contributed by atoms with Crippen LogP contribution < -0.4 is 0 Å². The van der Waals surface area contributed by atoms with Crippen molar-refractivity contribution in [3.8, 4) is 0 Å². The lowest BCUT2D eigenvalue weighted by Gasteiger charge is -1.91. The first-order chi connectivity index (χ1) is 6.02. The molecular weight excluding hydrogens is 188 g/mol. The van der Waals surface area contributed by atoms with Gasteiger partial charge in [0.2, 0.25) is 0 Å². The van der Waals surface area contributed by atoms with Crippen LogP contribution in [0.4, 0.5) is 14.7 Å². The fraction of sp³-hybridized carbons (Fsp3) is 0.167. The number of nitro groups is 1. The highest BCUT2D eigenvalue weighted by atomic mass is 19.3. The second kappa shape index (κ2) is 3.30. The number of Topliss-reactive ketones (excluding diaryl/α,β-unsaturated/α-hetero) is 1. The molecule has 1 aromatic rings. The van der Waals surface area contributed by atoms with Gasteiger partial charge in [-0.3, -0.25) is 14.9 Å². The maximum atomic E-state index is 11.7. The van der Waals surface area contributed by atoms with Crippen LogP contribution in [-0.4, -0.2) is 17.1 Å². The number of hydrogen-bond donors (Lipinski definition) is 0. The Hall–Kier alpha value is -1.79. The van der Waals surface area contributed by atoms with Crippen LogP contribution in [0.3, 0.4) is 0 Å². The lowest BCUT2D eigenvalue weighted by atomic mass is 10.3. The van der Waals surface area contributed by atoms with Gasteiger partial charge in [0.1, 0.15) is 4.92 Å². The Kier molecular flexibility index (Phi) is 2.36. The summed E-state index contributed by atoms with van der Waals surface area (Å²) in [6.45, 7) is 0. The van der Waals surface area contributed by atoms with E-state index in [-0.39, 0.29) is 0 Å². The molecule has 0 spiro atoms. The molecule has 5 nitrogen and oxygen atoms in total. The van der Waals surface area contributed by atoms with Crippen molar-refractivity contribution in [3.63, 3.8) is 0 Å². The average Bonchev–Trinajstić information content (AvgIpc) is 2.50. The van der Waals surface area contributed by atoms with Gasteiger partial charge in [0.25, 0.3) is 5.78 Å². The van der Waals surface area contributed by atoms with Gasteiger partial charge >= 0.3 is 12.3 Å². The van der Waals surface area contributed by atoms with Crippen molar-refractivity contribution in [2.24, 2.45) is 0 Å². The number of carbonyl (C=O) groups excluding carboxylic acids is 1. The Labute approximate surface area is 70.1 Å². The molecule has 0 radical (unpaired) electrons. The van der Waals surface area contributed by atoms with Crippen molar-refractivity contribution >= 4 is 11.7 Å². The highest BCUT2D eigenvalue weighted by molar-refractivity contribution is 5.96. The molecule has 13 heavy (non-hydrogen) atoms. The predicted octanol–water partition coefficient (Wildman–Crippen LogP) is 1.64. The molecule has 0 bridgehead atoms. The highest BCUT2D eigenvalue weighted by Crippen LogP contribution is 2.17. The van der Waals surface area contributed by atoms with E-state index in [0.717, 1.165) is 12.1 Å². The zero-order valence-electron chi connectivity index (χ0n) is 6.07. The number of ketones is 1. The second-order valence-corrected chi connectivity index (χ2v) is 2.06. The summed E-state index contributed by atoms with van der Waals surface area (Å²) >= 11 is 0. The van der Waals surface area contributed by atoms with Crippen LogP contribution in [0.2, 0.25) is 0 Å². The Morgan fingerprint density at radius 2 is 2.15 bits per heavy atom. The van der Waals surface area contributed by atoms with Gasteiger partial charge in [-0.15, -0.1) is 0 Å². The summed E-state index contributed by atoms with van der Waals surface area (Å²) in [4.78, 5) is 19.6. The van der Waals surface area contributed by atoms with Gasteiger partial charge in [-0.25, -0.2) is 8.78 Å². The highest BCUT2D eigenvalue weighted by Gasteiger charge is 2.24. The van der Waals surface area contributed by atoms with E-state index in [9.17, 15) is 23.7 Å². The maximum Gasteiger partial charge on any atom is 0.433 e. The third kappa shape index (κ3) is 1.86. The number of hydrogen-bond acceptors (Lipinski definition) is 4. The van der Waals surface area contributed by atoms with Gasteiger partial charge in [-0.05, 0) is 6.07 Å². The van der Waals surface area contributed by atoms with Crippen LogP contribution in [0.15, 0.2) is 16.5 Å². The molecule has 0 fully saturated rings. The molecule has 0 amide bonds. The average molecular weight is 191 g/mol. The lowest BCUT2D eigenvalue weighted by Crippen LogP contribution is -2.08. The summed E-state index contributed by atoms with van der Waals surface area (Å²) in [7, 11) is 0. The van der Waals surface area contributed by atoms with E-state index < -0.39 is 28.8 Å². The van der Waals surface area contributed by atoms with Crippen molar-refractivity contribution in [1.29, 1.82) is 0 Å². The lowest BCUT2D eigenvalue weighted by molar-refractivity contribution is -0.402. The smallest absolute Gasteiger partial charge is 0.397 e. The molecule has 7 heteroatoms. The fourth-order valence-corrected chi connectivity index (χ4v) is 0.666. The number of carbonyl (C=O) groups is 1. The molecule has 1 aromatic heterocycles. The minimum atomic E-state index is -3.22. The van der Waals surface area contributed by atoms with E-state index in [2.05, 4.69) is 4.42 Å². The fourth-order valence-electron chi connectivity index (χ4n) is 0.666. The molecular formula is C6H3F2NO4. The summed E-state index contributed by atoms with van der Waals surface area (Å²) in [6.07, 6.45) is -3.22. The number of furan rings is 1. The summed E-state index contributed by atoms with van der Waals surface area (Å²) in [6, 6.07) is 1.68. The zero-order chi connectivity index (χ0) is 10.0. The van der Waals surface area contributed by atoms with Crippen LogP contribution in [0.5, 0.6) is 0 Å². The molecule has 0 atom stereocenters. The minimum absolute atomic E-state index is 0.707. The summed E-state index contributed by atoms with van der Waals surface area (Å²) < 4.78 is 27.7. The van der Waals surface area contributed by atoms with E-state index in [1.807, 2.05) is 0 Å². The van der Waals surface area contributed by atoms with Gasteiger partial charge in [0.15, 0.2) is 5.76 Å². The van der Waals surface area contributed by atoms with Crippen molar-refractivity contribution in [2.75, 3.05) is 0 Å². The summed E-state index contributed by atoms with van der Waals surface area (Å²) in [5.74, 6) is -3.00. The first kappa shape index (κ1) is 9.30. The number of alkyl halides is 2. The molecule has 0 aliphatic carbocycles. The van der Waals surface area contributed by atoms with E-state index in [4.69, 9.17) is 0 Å². The van der Waals surface area contributed by atoms with E-state index in [1.54, 1.807) is 0 Å². The SMILES string of the molecule is O=C(c1ccc([N+](=O)[O-])o1)C(F)F. The Bertz CT molecular complexity index is 346. The molecule has 0 aromatic carbocycles. The minimum Gasteiger partial charge on any atom is -0.397 e. The van der Waals surface area contributed by atoms with Crippen LogP contribution in [-0.2, 0) is 0 Å². The van der Waals surface area contributed by atoms with Crippen LogP contribution >= 0.6 is 0 Å². The van der Waals surface area contributed by atoms with E-state index >= 15 is 0 Å². The second-order valence-electron chi connectivity index (χ2n) is 2.06. The Morgan fingerprint density at radius 3 is 2.54 bits per heavy atom. The molecule has 1 rings (SSSR count). The summed E-state index contributed by atoms with van der Waals surface area (Å²) in [5.41, 5.74) is 0. The molecule has 0 N–H and O–H groups in total. The predicted molar refractivity (Wildman–Crippen MR) is 35.7 cm³/mol. The Morgan fingerprint density at radius 1 is 1.54 bits per heavy atom. The normalized spacial score (nSPS) is 10.4. The molecule has 70 valence electrons. The largest absolute Gasteiger partial charge is 0.433 e. The van der Waals surface area contributed by atoms with Crippen molar-refractivity contribution in [2.45, 2.75) is 6.43 Å². The van der Waals surface area contributed by atoms with Gasteiger partial charge < -0.3 is 4.42 Å². The molecule has 0 unspecified atom stereocenters. The molecule has 0 aliphatic heterocycles. The molecule has 0 saturated heterocycles. The van der Waals surface area contributed by atoms with Crippen LogP contribution in [0, 0.1) is 10.1 Å². The van der Waals surface area contributed by atoms with Crippen molar-refractivity contribution in [1.82, 2.24) is 0 Å². The number of nitrogens with zero attached hydrogens (tertiary/aromatic N) is 1. The third-order valence-corrected chi connectivity index (χ3v) is 1.21. The Balaban J connectivity index is 2.92. The van der Waals surface area contributed by atoms with Gasteiger partial charge in [0, 0.05) is 0 Å². The third-order valence-electron chi connectivity index (χ3n) is 1.21. The molecule has 0 aliphatic rings. The first-order valence-electron chi connectivity index (χ1n) is 3.09. The van der Waals surface area contributed by atoms with E-state index in [0.29, 0.717) is 0 Å². The number of halogens is 2.